The summed E-state index contributed by atoms with van der Waals surface area (Å²) < 4.78 is 37.9. The number of hydrogen-bond acceptors (Lipinski definition) is 6. The molecule has 28 heavy (non-hydrogen) atoms. The normalized spacial score (nSPS) is 14.7. The molecule has 4 heterocycles. The van der Waals surface area contributed by atoms with E-state index in [0.717, 1.165) is 6.07 Å². The van der Waals surface area contributed by atoms with Gasteiger partial charge in [0, 0.05) is 44.6 Å². The Hall–Kier alpha value is -3.14. The Kier molecular flexibility index (Phi) is 4.63. The number of rotatable bonds is 3. The molecule has 0 fully saturated rings. The summed E-state index contributed by atoms with van der Waals surface area (Å²) in [5, 5.41) is 0. The molecule has 0 aromatic carbocycles. The van der Waals surface area contributed by atoms with Gasteiger partial charge in [0.1, 0.15) is 17.8 Å². The molecule has 3 aromatic heterocycles. The summed E-state index contributed by atoms with van der Waals surface area (Å²) in [4.78, 5) is 33.1. The Morgan fingerprint density at radius 3 is 2.61 bits per heavy atom. The van der Waals surface area contributed by atoms with Crippen LogP contribution in [0.25, 0.3) is 11.4 Å². The number of nitrogens with one attached hydrogen (secondary N) is 1. The van der Waals surface area contributed by atoms with E-state index in [9.17, 15) is 18.0 Å². The van der Waals surface area contributed by atoms with Gasteiger partial charge in [-0.2, -0.15) is 13.2 Å². The molecule has 4 rings (SSSR count). The predicted molar refractivity (Wildman–Crippen MR) is 92.9 cm³/mol. The molecule has 0 atom stereocenters. The van der Waals surface area contributed by atoms with Crippen LogP contribution in [0.15, 0.2) is 41.8 Å². The van der Waals surface area contributed by atoms with Crippen molar-refractivity contribution in [3.8, 4) is 11.4 Å². The van der Waals surface area contributed by atoms with Crippen molar-refractivity contribution in [2.45, 2.75) is 25.7 Å². The third-order valence-corrected chi connectivity index (χ3v) is 4.50. The highest BCUT2D eigenvalue weighted by atomic mass is 19.4. The van der Waals surface area contributed by atoms with E-state index in [1.807, 2.05) is 4.90 Å². The Balaban J connectivity index is 1.51. The SMILES string of the molecule is O=c1[nH]c(-c2cncnc2)nc2c1CN(Cc1ccc(C(F)(F)F)nc1)CC2. The molecule has 0 bridgehead atoms. The van der Waals surface area contributed by atoms with E-state index >= 15 is 0 Å². The molecular formula is C18H15F3N6O. The lowest BCUT2D eigenvalue weighted by atomic mass is 10.1. The molecule has 144 valence electrons. The third kappa shape index (κ3) is 3.77. The first-order valence-corrected chi connectivity index (χ1v) is 8.52. The van der Waals surface area contributed by atoms with Crippen molar-refractivity contribution >= 4 is 0 Å². The quantitative estimate of drug-likeness (QED) is 0.740. The Morgan fingerprint density at radius 1 is 1.14 bits per heavy atom. The van der Waals surface area contributed by atoms with Gasteiger partial charge in [-0.25, -0.2) is 15.0 Å². The standard InChI is InChI=1S/C18H15F3N6O/c19-18(20,21)15-2-1-11(5-24-15)8-27-4-3-14-13(9-27)17(28)26-16(25-14)12-6-22-10-23-7-12/h1-2,5-7,10H,3-4,8-9H2,(H,25,26,28). The Morgan fingerprint density at radius 2 is 1.93 bits per heavy atom. The molecule has 3 aromatic rings. The number of nitrogens with zero attached hydrogens (tertiary/aromatic N) is 5. The van der Waals surface area contributed by atoms with Crippen LogP contribution in [0.3, 0.4) is 0 Å². The van der Waals surface area contributed by atoms with Crippen molar-refractivity contribution in [2.75, 3.05) is 6.54 Å². The van der Waals surface area contributed by atoms with Gasteiger partial charge in [0.15, 0.2) is 0 Å². The maximum Gasteiger partial charge on any atom is 0.433 e. The van der Waals surface area contributed by atoms with Crippen LogP contribution in [-0.4, -0.2) is 36.4 Å². The third-order valence-electron chi connectivity index (χ3n) is 4.50. The molecule has 0 saturated heterocycles. The highest BCUT2D eigenvalue weighted by molar-refractivity contribution is 5.52. The topological polar surface area (TPSA) is 87.7 Å². The van der Waals surface area contributed by atoms with E-state index in [1.165, 1.54) is 18.6 Å². The van der Waals surface area contributed by atoms with Gasteiger partial charge in [0.2, 0.25) is 0 Å². The first-order chi connectivity index (χ1) is 13.4. The summed E-state index contributed by atoms with van der Waals surface area (Å²) in [6, 6.07) is 2.38. The first-order valence-electron chi connectivity index (χ1n) is 8.52. The fraction of sp³-hybridized carbons (Fsp3) is 0.278. The number of fused-ring (bicyclic) bond motifs is 1. The van der Waals surface area contributed by atoms with Crippen molar-refractivity contribution in [3.63, 3.8) is 0 Å². The largest absolute Gasteiger partial charge is 0.433 e. The van der Waals surface area contributed by atoms with Crippen molar-refractivity contribution in [1.29, 1.82) is 0 Å². The van der Waals surface area contributed by atoms with E-state index in [0.29, 0.717) is 54.3 Å². The smallest absolute Gasteiger partial charge is 0.306 e. The first kappa shape index (κ1) is 18.2. The average Bonchev–Trinajstić information content (AvgIpc) is 2.69. The molecule has 0 saturated carbocycles. The number of aromatic nitrogens is 5. The van der Waals surface area contributed by atoms with Crippen LogP contribution in [-0.2, 0) is 25.7 Å². The number of alkyl halides is 3. The number of aromatic amines is 1. The number of pyridine rings is 1. The molecule has 0 unspecified atom stereocenters. The Labute approximate surface area is 157 Å². The van der Waals surface area contributed by atoms with Gasteiger partial charge in [-0.3, -0.25) is 14.7 Å². The lowest BCUT2D eigenvalue weighted by Gasteiger charge is -2.27. The molecule has 0 aliphatic carbocycles. The summed E-state index contributed by atoms with van der Waals surface area (Å²) >= 11 is 0. The molecular weight excluding hydrogens is 373 g/mol. The number of hydrogen-bond donors (Lipinski definition) is 1. The minimum absolute atomic E-state index is 0.237. The molecule has 7 nitrogen and oxygen atoms in total. The summed E-state index contributed by atoms with van der Waals surface area (Å²) in [6.45, 7) is 1.40. The minimum atomic E-state index is -4.46. The van der Waals surface area contributed by atoms with Crippen molar-refractivity contribution < 1.29 is 13.2 Å². The van der Waals surface area contributed by atoms with E-state index < -0.39 is 11.9 Å². The molecule has 10 heteroatoms. The van der Waals surface area contributed by atoms with Crippen LogP contribution in [0.5, 0.6) is 0 Å². The monoisotopic (exact) mass is 388 g/mol. The minimum Gasteiger partial charge on any atom is -0.306 e. The maximum absolute atomic E-state index is 12.6. The second-order valence-electron chi connectivity index (χ2n) is 6.48. The Bertz CT molecular complexity index is 1030. The van der Waals surface area contributed by atoms with Crippen LogP contribution < -0.4 is 5.56 Å². The van der Waals surface area contributed by atoms with E-state index in [1.54, 1.807) is 12.4 Å². The highest BCUT2D eigenvalue weighted by Crippen LogP contribution is 2.27. The number of halogens is 3. The summed E-state index contributed by atoms with van der Waals surface area (Å²) in [7, 11) is 0. The number of H-pyrrole nitrogens is 1. The lowest BCUT2D eigenvalue weighted by Crippen LogP contribution is -2.35. The highest BCUT2D eigenvalue weighted by Gasteiger charge is 2.32. The van der Waals surface area contributed by atoms with Crippen LogP contribution in [0, 0.1) is 0 Å². The summed E-state index contributed by atoms with van der Waals surface area (Å²) in [5.74, 6) is 0.421. The van der Waals surface area contributed by atoms with Crippen LogP contribution in [0.1, 0.15) is 22.5 Å². The van der Waals surface area contributed by atoms with Gasteiger partial charge < -0.3 is 4.98 Å². The van der Waals surface area contributed by atoms with Gasteiger partial charge in [-0.1, -0.05) is 6.07 Å². The molecule has 0 amide bonds. The summed E-state index contributed by atoms with van der Waals surface area (Å²) in [6.07, 6.45) is 1.87. The van der Waals surface area contributed by atoms with Crippen molar-refractivity contribution in [3.05, 3.63) is 69.9 Å². The fourth-order valence-corrected chi connectivity index (χ4v) is 3.12. The van der Waals surface area contributed by atoms with Gasteiger partial charge >= 0.3 is 6.18 Å². The zero-order chi connectivity index (χ0) is 19.7. The fourth-order valence-electron chi connectivity index (χ4n) is 3.12. The van der Waals surface area contributed by atoms with Crippen molar-refractivity contribution in [2.24, 2.45) is 0 Å². The molecule has 1 aliphatic heterocycles. The zero-order valence-electron chi connectivity index (χ0n) is 14.6. The van der Waals surface area contributed by atoms with Crippen LogP contribution in [0.4, 0.5) is 13.2 Å². The van der Waals surface area contributed by atoms with Crippen LogP contribution >= 0.6 is 0 Å². The summed E-state index contributed by atoms with van der Waals surface area (Å²) in [5.41, 5.74) is 1.40. The molecule has 0 spiro atoms. The van der Waals surface area contributed by atoms with Crippen molar-refractivity contribution in [1.82, 2.24) is 29.8 Å². The average molecular weight is 388 g/mol. The van der Waals surface area contributed by atoms with E-state index in [4.69, 9.17) is 0 Å². The maximum atomic E-state index is 12.6. The second kappa shape index (κ2) is 7.12. The van der Waals surface area contributed by atoms with Gasteiger partial charge in [0.25, 0.3) is 5.56 Å². The van der Waals surface area contributed by atoms with Crippen LogP contribution in [0.2, 0.25) is 0 Å². The van der Waals surface area contributed by atoms with Gasteiger partial charge in [-0.15, -0.1) is 0 Å². The molecule has 1 aliphatic rings. The van der Waals surface area contributed by atoms with E-state index in [2.05, 4.69) is 24.9 Å². The zero-order valence-corrected chi connectivity index (χ0v) is 14.6. The second-order valence-corrected chi connectivity index (χ2v) is 6.48. The predicted octanol–water partition coefficient (Wildman–Crippen LogP) is 2.20. The van der Waals surface area contributed by atoms with E-state index in [-0.39, 0.29) is 5.56 Å². The molecule has 0 radical (unpaired) electrons. The lowest BCUT2D eigenvalue weighted by molar-refractivity contribution is -0.141. The van der Waals surface area contributed by atoms with Gasteiger partial charge in [0.05, 0.1) is 16.8 Å². The van der Waals surface area contributed by atoms with Gasteiger partial charge in [-0.05, 0) is 11.6 Å². The molecule has 1 N–H and O–H groups in total.